The van der Waals surface area contributed by atoms with Crippen molar-refractivity contribution in [1.29, 1.82) is 0 Å². The number of nitrogens with one attached hydrogen (secondary N) is 1. The van der Waals surface area contributed by atoms with Crippen LogP contribution >= 0.6 is 39.1 Å². The SMILES string of the molecule is CNC(=O)[C@@H](Cc1ccccc1)N(Cc1ccc(Cl)c(Cl)c1)C(=O)CN(c1ccc(Br)c(C)c1)S(C)(=O)=O. The van der Waals surface area contributed by atoms with Crippen LogP contribution in [0.5, 0.6) is 0 Å². The van der Waals surface area contributed by atoms with Gasteiger partial charge in [0.15, 0.2) is 0 Å². The average Bonchev–Trinajstić information content (AvgIpc) is 2.87. The highest BCUT2D eigenvalue weighted by atomic mass is 79.9. The number of likely N-dealkylation sites (N-methyl/N-ethyl adjacent to an activating group) is 1. The molecule has 0 aliphatic carbocycles. The minimum absolute atomic E-state index is 0.0115. The van der Waals surface area contributed by atoms with Gasteiger partial charge in [-0.05, 0) is 53.9 Å². The molecule has 0 unspecified atom stereocenters. The Hall–Kier alpha value is -2.59. The largest absolute Gasteiger partial charge is 0.357 e. The first-order valence-corrected chi connectivity index (χ1v) is 15.0. The van der Waals surface area contributed by atoms with Gasteiger partial charge in [-0.1, -0.05) is 75.5 Å². The number of anilines is 1. The molecule has 0 spiro atoms. The number of carbonyl (C=O) groups excluding carboxylic acids is 2. The molecule has 3 rings (SSSR count). The van der Waals surface area contributed by atoms with E-state index in [9.17, 15) is 18.0 Å². The van der Waals surface area contributed by atoms with Crippen molar-refractivity contribution in [3.05, 3.63) is 97.9 Å². The fourth-order valence-electron chi connectivity index (χ4n) is 3.95. The number of hydrogen-bond acceptors (Lipinski definition) is 4. The molecule has 0 saturated carbocycles. The normalized spacial score (nSPS) is 12.1. The molecule has 3 aromatic carbocycles. The highest BCUT2D eigenvalue weighted by molar-refractivity contribution is 9.10. The Morgan fingerprint density at radius 3 is 2.24 bits per heavy atom. The van der Waals surface area contributed by atoms with Crippen LogP contribution < -0.4 is 9.62 Å². The van der Waals surface area contributed by atoms with Gasteiger partial charge in [-0.2, -0.15) is 0 Å². The highest BCUT2D eigenvalue weighted by Gasteiger charge is 2.32. The number of amides is 2. The molecule has 0 heterocycles. The zero-order valence-electron chi connectivity index (χ0n) is 21.1. The predicted molar refractivity (Wildman–Crippen MR) is 156 cm³/mol. The maximum absolute atomic E-state index is 13.9. The lowest BCUT2D eigenvalue weighted by atomic mass is 10.0. The molecule has 1 N–H and O–H groups in total. The van der Waals surface area contributed by atoms with Gasteiger partial charge in [0.2, 0.25) is 21.8 Å². The van der Waals surface area contributed by atoms with Crippen LogP contribution in [0.25, 0.3) is 0 Å². The maximum Gasteiger partial charge on any atom is 0.244 e. The summed E-state index contributed by atoms with van der Waals surface area (Å²) in [6.07, 6.45) is 1.27. The van der Waals surface area contributed by atoms with Crippen LogP contribution in [0.15, 0.2) is 71.2 Å². The third-order valence-corrected chi connectivity index (χ3v) is 8.73. The maximum atomic E-state index is 13.9. The molecule has 0 aliphatic heterocycles. The molecule has 3 aromatic rings. The van der Waals surface area contributed by atoms with Gasteiger partial charge in [-0.25, -0.2) is 8.42 Å². The number of carbonyl (C=O) groups is 2. The van der Waals surface area contributed by atoms with Crippen molar-refractivity contribution < 1.29 is 18.0 Å². The zero-order chi connectivity index (χ0) is 28.0. The van der Waals surface area contributed by atoms with Crippen LogP contribution in [0.4, 0.5) is 5.69 Å². The fraction of sp³-hybridized carbons (Fsp3) is 0.259. The molecule has 0 bridgehead atoms. The molecular formula is C27H28BrCl2N3O4S. The van der Waals surface area contributed by atoms with Gasteiger partial charge in [0.25, 0.3) is 0 Å². The molecule has 0 radical (unpaired) electrons. The van der Waals surface area contributed by atoms with Crippen molar-refractivity contribution in [2.24, 2.45) is 0 Å². The summed E-state index contributed by atoms with van der Waals surface area (Å²) >= 11 is 15.7. The van der Waals surface area contributed by atoms with Gasteiger partial charge in [0.05, 0.1) is 22.0 Å². The van der Waals surface area contributed by atoms with Crippen LogP contribution in [0.1, 0.15) is 16.7 Å². The van der Waals surface area contributed by atoms with Crippen molar-refractivity contribution >= 4 is 66.7 Å². The molecule has 2 amide bonds. The Morgan fingerprint density at radius 2 is 1.66 bits per heavy atom. The van der Waals surface area contributed by atoms with E-state index in [1.54, 1.807) is 36.4 Å². The Kier molecular flexibility index (Phi) is 10.2. The van der Waals surface area contributed by atoms with Crippen LogP contribution in [-0.4, -0.2) is 51.0 Å². The van der Waals surface area contributed by atoms with Gasteiger partial charge >= 0.3 is 0 Å². The van der Waals surface area contributed by atoms with Gasteiger partial charge in [-0.15, -0.1) is 0 Å². The second-order valence-electron chi connectivity index (χ2n) is 8.79. The summed E-state index contributed by atoms with van der Waals surface area (Å²) in [4.78, 5) is 28.4. The highest BCUT2D eigenvalue weighted by Crippen LogP contribution is 2.27. The number of sulfonamides is 1. The third-order valence-electron chi connectivity index (χ3n) is 5.96. The van der Waals surface area contributed by atoms with E-state index in [1.165, 1.54) is 11.9 Å². The second-order valence-corrected chi connectivity index (χ2v) is 12.4. The minimum Gasteiger partial charge on any atom is -0.357 e. The molecule has 0 aromatic heterocycles. The Balaban J connectivity index is 2.05. The van der Waals surface area contributed by atoms with Crippen LogP contribution in [0.3, 0.4) is 0 Å². The molecule has 38 heavy (non-hydrogen) atoms. The van der Waals surface area contributed by atoms with Gasteiger partial charge in [-0.3, -0.25) is 13.9 Å². The van der Waals surface area contributed by atoms with Gasteiger partial charge in [0, 0.05) is 24.5 Å². The number of benzene rings is 3. The van der Waals surface area contributed by atoms with Crippen molar-refractivity contribution in [2.45, 2.75) is 25.9 Å². The van der Waals surface area contributed by atoms with Crippen molar-refractivity contribution in [2.75, 3.05) is 24.2 Å². The zero-order valence-corrected chi connectivity index (χ0v) is 25.0. The van der Waals surface area contributed by atoms with Crippen LogP contribution in [0, 0.1) is 6.92 Å². The summed E-state index contributed by atoms with van der Waals surface area (Å²) in [6.45, 7) is 1.34. The summed E-state index contributed by atoms with van der Waals surface area (Å²) in [5.74, 6) is -0.931. The smallest absolute Gasteiger partial charge is 0.244 e. The average molecular weight is 641 g/mol. The summed E-state index contributed by atoms with van der Waals surface area (Å²) in [7, 11) is -2.34. The molecule has 202 valence electrons. The van der Waals surface area contributed by atoms with Crippen molar-refractivity contribution in [3.8, 4) is 0 Å². The summed E-state index contributed by atoms with van der Waals surface area (Å²) in [5, 5.41) is 3.30. The first-order valence-electron chi connectivity index (χ1n) is 11.6. The number of rotatable bonds is 10. The lowest BCUT2D eigenvalue weighted by Gasteiger charge is -2.33. The van der Waals surface area contributed by atoms with E-state index < -0.39 is 28.5 Å². The summed E-state index contributed by atoms with van der Waals surface area (Å²) < 4.78 is 27.5. The molecule has 1 atom stereocenters. The van der Waals surface area contributed by atoms with Crippen LogP contribution in [-0.2, 0) is 32.6 Å². The van der Waals surface area contributed by atoms with E-state index in [0.717, 1.165) is 26.2 Å². The van der Waals surface area contributed by atoms with Crippen molar-refractivity contribution in [3.63, 3.8) is 0 Å². The topological polar surface area (TPSA) is 86.8 Å². The van der Waals surface area contributed by atoms with Crippen molar-refractivity contribution in [1.82, 2.24) is 10.2 Å². The van der Waals surface area contributed by atoms with E-state index in [0.29, 0.717) is 21.3 Å². The van der Waals surface area contributed by atoms with Gasteiger partial charge < -0.3 is 10.2 Å². The van der Waals surface area contributed by atoms with Gasteiger partial charge in [0.1, 0.15) is 12.6 Å². The monoisotopic (exact) mass is 639 g/mol. The van der Waals surface area contributed by atoms with E-state index >= 15 is 0 Å². The van der Waals surface area contributed by atoms with E-state index in [2.05, 4.69) is 21.2 Å². The Labute approximate surface area is 241 Å². The quantitative estimate of drug-likeness (QED) is 0.329. The number of hydrogen-bond donors (Lipinski definition) is 1. The first kappa shape index (κ1) is 30.0. The molecule has 0 aliphatic rings. The molecule has 0 saturated heterocycles. The Morgan fingerprint density at radius 1 is 0.974 bits per heavy atom. The predicted octanol–water partition coefficient (Wildman–Crippen LogP) is 5.22. The number of nitrogens with zero attached hydrogens (tertiary/aromatic N) is 2. The third kappa shape index (κ3) is 7.72. The van der Waals surface area contributed by atoms with E-state index in [1.807, 2.05) is 37.3 Å². The number of halogens is 3. The van der Waals surface area contributed by atoms with Crippen LogP contribution in [0.2, 0.25) is 10.0 Å². The van der Waals surface area contributed by atoms with E-state index in [4.69, 9.17) is 23.2 Å². The molecule has 11 heteroatoms. The lowest BCUT2D eigenvalue weighted by molar-refractivity contribution is -0.139. The van der Waals surface area contributed by atoms with E-state index in [-0.39, 0.29) is 18.9 Å². The lowest BCUT2D eigenvalue weighted by Crippen LogP contribution is -2.52. The second kappa shape index (κ2) is 13.0. The Bertz CT molecular complexity index is 1420. The summed E-state index contributed by atoms with van der Waals surface area (Å²) in [5.41, 5.74) is 2.64. The number of aryl methyl sites for hydroxylation is 1. The molecule has 0 fully saturated rings. The minimum atomic E-state index is -3.84. The molecular weight excluding hydrogens is 613 g/mol. The summed E-state index contributed by atoms with van der Waals surface area (Å²) in [6, 6.07) is 18.4. The fourth-order valence-corrected chi connectivity index (χ4v) is 5.36. The molecule has 7 nitrogen and oxygen atoms in total. The standard InChI is InChI=1S/C27H28BrCl2N3O4S/c1-18-13-21(10-11-22(18)28)33(38(3,36)37)17-26(34)32(16-20-9-12-23(29)24(30)14-20)25(27(35)31-2)15-19-7-5-4-6-8-19/h4-14,25H,15-17H2,1-3H3,(H,31,35)/t25-/m1/s1. The first-order chi connectivity index (χ1) is 17.9.